The van der Waals surface area contributed by atoms with Crippen LogP contribution in [0.4, 0.5) is 0 Å². The number of nitrogens with one attached hydrogen (secondary N) is 1. The predicted molar refractivity (Wildman–Crippen MR) is 93.8 cm³/mol. The summed E-state index contributed by atoms with van der Waals surface area (Å²) in [7, 11) is 0. The first kappa shape index (κ1) is 22.3. The number of hydrogen-bond donors (Lipinski definition) is 5. The van der Waals surface area contributed by atoms with Crippen LogP contribution in [0, 0.1) is 0 Å². The number of amides is 1. The Morgan fingerprint density at radius 2 is 1.32 bits per heavy atom. The first-order valence-electron chi connectivity index (χ1n) is 9.64. The van der Waals surface area contributed by atoms with E-state index < -0.39 is 36.6 Å². The second kappa shape index (κ2) is 12.6. The lowest BCUT2D eigenvalue weighted by molar-refractivity contribution is -0.275. The van der Waals surface area contributed by atoms with E-state index in [-0.39, 0.29) is 0 Å². The molecule has 0 unspecified atom stereocenters. The predicted octanol–water partition coefficient (Wildman–Crippen LogP) is 0.823. The van der Waals surface area contributed by atoms with Crippen LogP contribution in [0.1, 0.15) is 71.1 Å². The summed E-state index contributed by atoms with van der Waals surface area (Å²) < 4.78 is 4.88. The second-order valence-electron chi connectivity index (χ2n) is 6.89. The van der Waals surface area contributed by atoms with Crippen LogP contribution in [0.2, 0.25) is 0 Å². The highest BCUT2D eigenvalue weighted by molar-refractivity contribution is 5.81. The third-order valence-corrected chi connectivity index (χ3v) is 4.68. The smallest absolute Gasteiger partial charge is 0.252 e. The highest BCUT2D eigenvalue weighted by Gasteiger charge is 2.45. The van der Waals surface area contributed by atoms with E-state index in [1.54, 1.807) is 0 Å². The van der Waals surface area contributed by atoms with Gasteiger partial charge in [-0.15, -0.1) is 0 Å². The Bertz CT molecular complexity index is 367. The van der Waals surface area contributed by atoms with Crippen LogP contribution in [-0.2, 0) is 9.53 Å². The monoisotopic (exact) mass is 361 g/mol. The number of aliphatic hydroxyl groups is 4. The maximum absolute atomic E-state index is 12.0. The first-order valence-corrected chi connectivity index (χ1v) is 9.64. The maximum Gasteiger partial charge on any atom is 0.252 e. The largest absolute Gasteiger partial charge is 0.387 e. The van der Waals surface area contributed by atoms with Gasteiger partial charge >= 0.3 is 0 Å². The topological polar surface area (TPSA) is 119 Å². The van der Waals surface area contributed by atoms with Crippen LogP contribution >= 0.6 is 0 Å². The van der Waals surface area contributed by atoms with Crippen molar-refractivity contribution in [3.63, 3.8) is 0 Å². The van der Waals surface area contributed by atoms with Gasteiger partial charge in [0.05, 0.1) is 0 Å². The van der Waals surface area contributed by atoms with Crippen molar-refractivity contribution < 1.29 is 30.0 Å². The molecule has 0 aromatic rings. The maximum atomic E-state index is 12.0. The van der Waals surface area contributed by atoms with Crippen LogP contribution in [-0.4, -0.2) is 63.6 Å². The molecule has 7 heteroatoms. The molecule has 5 N–H and O–H groups in total. The molecule has 0 aromatic carbocycles. The molecular formula is C18H35NO6. The normalized spacial score (nSPS) is 29.6. The molecule has 1 saturated heterocycles. The van der Waals surface area contributed by atoms with Crippen LogP contribution in [0.5, 0.6) is 0 Å². The van der Waals surface area contributed by atoms with Gasteiger partial charge in [-0.2, -0.15) is 0 Å². The summed E-state index contributed by atoms with van der Waals surface area (Å²) in [4.78, 5) is 12.0. The van der Waals surface area contributed by atoms with Crippen molar-refractivity contribution in [1.82, 2.24) is 5.32 Å². The quantitative estimate of drug-likeness (QED) is 0.328. The minimum atomic E-state index is -1.69. The fourth-order valence-corrected chi connectivity index (χ4v) is 3.00. The van der Waals surface area contributed by atoms with Gasteiger partial charge in [-0.05, 0) is 6.42 Å². The summed E-state index contributed by atoms with van der Waals surface area (Å²) in [5.41, 5.74) is 0. The number of unbranched alkanes of at least 4 members (excludes halogenated alkanes) is 9. The van der Waals surface area contributed by atoms with Crippen molar-refractivity contribution in [2.75, 3.05) is 6.54 Å². The van der Waals surface area contributed by atoms with Crippen molar-refractivity contribution in [2.45, 2.75) is 102 Å². The standard InChI is InChI=1S/C18H35NO6/c1-2-3-4-5-6-7-8-9-10-11-12-19-17(23)16-14(21)13(20)15(22)18(24)25-16/h13-16,18,20-22,24H,2-12H2,1H3,(H,19,23)/t13-,14-,15+,16-,18+/m0/s1. The lowest BCUT2D eigenvalue weighted by Gasteiger charge is -2.37. The van der Waals surface area contributed by atoms with Gasteiger partial charge in [-0.25, -0.2) is 0 Å². The fourth-order valence-electron chi connectivity index (χ4n) is 3.00. The van der Waals surface area contributed by atoms with Crippen molar-refractivity contribution in [1.29, 1.82) is 0 Å². The Hall–Kier alpha value is -0.730. The van der Waals surface area contributed by atoms with Crippen LogP contribution in [0.15, 0.2) is 0 Å². The molecule has 5 atom stereocenters. The molecule has 0 spiro atoms. The minimum Gasteiger partial charge on any atom is -0.387 e. The van der Waals surface area contributed by atoms with Crippen molar-refractivity contribution in [3.8, 4) is 0 Å². The van der Waals surface area contributed by atoms with Gasteiger partial charge in [0.25, 0.3) is 5.91 Å². The lowest BCUT2D eigenvalue weighted by Crippen LogP contribution is -2.61. The third kappa shape index (κ3) is 8.00. The Morgan fingerprint density at radius 3 is 1.88 bits per heavy atom. The molecule has 148 valence electrons. The SMILES string of the molecule is CCCCCCCCCCCCNC(=O)[C@H]1O[C@@H](O)[C@H](O)[C@@H](O)[C@@H]1O. The number of aliphatic hydroxyl groups excluding tert-OH is 4. The van der Waals surface area contributed by atoms with Gasteiger partial charge in [-0.3, -0.25) is 4.79 Å². The Morgan fingerprint density at radius 1 is 0.800 bits per heavy atom. The fraction of sp³-hybridized carbons (Fsp3) is 0.944. The van der Waals surface area contributed by atoms with E-state index >= 15 is 0 Å². The zero-order valence-corrected chi connectivity index (χ0v) is 15.3. The summed E-state index contributed by atoms with van der Waals surface area (Å²) in [5, 5.41) is 40.8. The second-order valence-corrected chi connectivity index (χ2v) is 6.89. The molecular weight excluding hydrogens is 326 g/mol. The van der Waals surface area contributed by atoms with E-state index in [1.165, 1.54) is 44.9 Å². The molecule has 0 aliphatic carbocycles. The van der Waals surface area contributed by atoms with Crippen LogP contribution in [0.3, 0.4) is 0 Å². The van der Waals surface area contributed by atoms with Crippen molar-refractivity contribution in [2.24, 2.45) is 0 Å². The van der Waals surface area contributed by atoms with Gasteiger partial charge in [0.1, 0.15) is 18.3 Å². The number of rotatable bonds is 12. The van der Waals surface area contributed by atoms with Crippen LogP contribution in [0.25, 0.3) is 0 Å². The van der Waals surface area contributed by atoms with Gasteiger partial charge in [0.15, 0.2) is 12.4 Å². The lowest BCUT2D eigenvalue weighted by atomic mass is 9.98. The molecule has 1 rings (SSSR count). The molecule has 25 heavy (non-hydrogen) atoms. The highest BCUT2D eigenvalue weighted by atomic mass is 16.6. The first-order chi connectivity index (χ1) is 12.0. The summed E-state index contributed by atoms with van der Waals surface area (Å²) in [6.07, 6.45) is 4.13. The van der Waals surface area contributed by atoms with E-state index in [0.717, 1.165) is 19.3 Å². The average molecular weight is 361 g/mol. The summed E-state index contributed by atoms with van der Waals surface area (Å²) >= 11 is 0. The van der Waals surface area contributed by atoms with Gasteiger partial charge < -0.3 is 30.5 Å². The molecule has 1 heterocycles. The Labute approximate surface area is 150 Å². The third-order valence-electron chi connectivity index (χ3n) is 4.68. The Balaban J connectivity index is 2.05. The van der Waals surface area contributed by atoms with Crippen LogP contribution < -0.4 is 5.32 Å². The van der Waals surface area contributed by atoms with Crippen molar-refractivity contribution >= 4 is 5.91 Å². The summed E-state index contributed by atoms with van der Waals surface area (Å²) in [6.45, 7) is 2.67. The molecule has 1 fully saturated rings. The zero-order valence-electron chi connectivity index (χ0n) is 15.3. The van der Waals surface area contributed by atoms with Gasteiger partial charge in [0, 0.05) is 6.54 Å². The van der Waals surface area contributed by atoms with E-state index in [9.17, 15) is 25.2 Å². The minimum absolute atomic E-state index is 0.455. The zero-order chi connectivity index (χ0) is 18.7. The van der Waals surface area contributed by atoms with Gasteiger partial charge in [0.2, 0.25) is 0 Å². The molecule has 1 amide bonds. The number of hydrogen-bond acceptors (Lipinski definition) is 6. The van der Waals surface area contributed by atoms with Crippen molar-refractivity contribution in [3.05, 3.63) is 0 Å². The summed E-state index contributed by atoms with van der Waals surface area (Å²) in [5.74, 6) is -0.589. The molecule has 7 nitrogen and oxygen atoms in total. The van der Waals surface area contributed by atoms with E-state index in [0.29, 0.717) is 6.54 Å². The van der Waals surface area contributed by atoms with E-state index in [2.05, 4.69) is 12.2 Å². The summed E-state index contributed by atoms with van der Waals surface area (Å²) in [6, 6.07) is 0. The van der Waals surface area contributed by atoms with Gasteiger partial charge in [-0.1, -0.05) is 64.7 Å². The molecule has 0 saturated carbocycles. The molecule has 1 aliphatic heterocycles. The van der Waals surface area contributed by atoms with E-state index in [4.69, 9.17) is 4.74 Å². The molecule has 0 radical (unpaired) electrons. The Kier molecular flexibility index (Phi) is 11.2. The van der Waals surface area contributed by atoms with E-state index in [1.807, 2.05) is 0 Å². The molecule has 0 bridgehead atoms. The number of carbonyl (C=O) groups excluding carboxylic acids is 1. The highest BCUT2D eigenvalue weighted by Crippen LogP contribution is 2.20. The average Bonchev–Trinajstić information content (AvgIpc) is 2.60. The number of carbonyl (C=O) groups is 1. The molecule has 0 aromatic heterocycles. The molecule has 1 aliphatic rings. The number of ether oxygens (including phenoxy) is 1.